The quantitative estimate of drug-likeness (QED) is 0.617. The predicted octanol–water partition coefficient (Wildman–Crippen LogP) is 3.02. The van der Waals surface area contributed by atoms with Gasteiger partial charge in [0.1, 0.15) is 6.10 Å². The standard InChI is InChI=1S/C14H19ClN2O3/c1-2-19-13(18)9-10-3-5-11(6-4-10)20-12-7-8-16-14(15)17-12/h7-8,10-11H,2-6,9H2,1H3. The summed E-state index contributed by atoms with van der Waals surface area (Å²) < 4.78 is 10.8. The van der Waals surface area contributed by atoms with E-state index in [9.17, 15) is 4.79 Å². The van der Waals surface area contributed by atoms with Gasteiger partial charge in [-0.2, -0.15) is 4.98 Å². The fraction of sp³-hybridized carbons (Fsp3) is 0.643. The summed E-state index contributed by atoms with van der Waals surface area (Å²) in [4.78, 5) is 19.3. The molecule has 1 aliphatic carbocycles. The van der Waals surface area contributed by atoms with Gasteiger partial charge in [-0.3, -0.25) is 4.79 Å². The van der Waals surface area contributed by atoms with E-state index >= 15 is 0 Å². The number of halogens is 1. The summed E-state index contributed by atoms with van der Waals surface area (Å²) in [6.07, 6.45) is 6.03. The molecular weight excluding hydrogens is 280 g/mol. The van der Waals surface area contributed by atoms with Gasteiger partial charge in [-0.05, 0) is 50.1 Å². The van der Waals surface area contributed by atoms with E-state index in [0.29, 0.717) is 24.8 Å². The molecule has 2 rings (SSSR count). The van der Waals surface area contributed by atoms with Crippen molar-refractivity contribution in [1.82, 2.24) is 9.97 Å². The molecule has 0 N–H and O–H groups in total. The SMILES string of the molecule is CCOC(=O)CC1CCC(Oc2ccnc(Cl)n2)CC1. The second kappa shape index (κ2) is 7.43. The van der Waals surface area contributed by atoms with Gasteiger partial charge in [-0.25, -0.2) is 4.98 Å². The molecule has 0 spiro atoms. The molecule has 1 heterocycles. The van der Waals surface area contributed by atoms with Crippen LogP contribution in [0, 0.1) is 5.92 Å². The monoisotopic (exact) mass is 298 g/mol. The molecular formula is C14H19ClN2O3. The van der Waals surface area contributed by atoms with E-state index in [1.807, 2.05) is 6.92 Å². The lowest BCUT2D eigenvalue weighted by molar-refractivity contribution is -0.144. The predicted molar refractivity (Wildman–Crippen MR) is 74.7 cm³/mol. The smallest absolute Gasteiger partial charge is 0.306 e. The molecule has 1 aliphatic rings. The van der Waals surface area contributed by atoms with Crippen LogP contribution < -0.4 is 4.74 Å². The van der Waals surface area contributed by atoms with Crippen LogP contribution >= 0.6 is 11.6 Å². The zero-order valence-corrected chi connectivity index (χ0v) is 12.3. The fourth-order valence-electron chi connectivity index (χ4n) is 2.47. The van der Waals surface area contributed by atoms with Crippen LogP contribution in [0.3, 0.4) is 0 Å². The van der Waals surface area contributed by atoms with Gasteiger partial charge in [0.05, 0.1) is 6.61 Å². The Morgan fingerprint density at radius 1 is 1.40 bits per heavy atom. The van der Waals surface area contributed by atoms with E-state index < -0.39 is 0 Å². The van der Waals surface area contributed by atoms with Crippen molar-refractivity contribution in [2.24, 2.45) is 5.92 Å². The number of aromatic nitrogens is 2. The highest BCUT2D eigenvalue weighted by molar-refractivity contribution is 6.28. The van der Waals surface area contributed by atoms with Crippen LogP contribution in [0.2, 0.25) is 5.28 Å². The Bertz CT molecular complexity index is 448. The molecule has 0 atom stereocenters. The van der Waals surface area contributed by atoms with E-state index in [2.05, 4.69) is 9.97 Å². The van der Waals surface area contributed by atoms with Gasteiger partial charge in [0.2, 0.25) is 11.2 Å². The molecule has 1 aromatic rings. The first kappa shape index (κ1) is 15.0. The van der Waals surface area contributed by atoms with Gasteiger partial charge in [-0.15, -0.1) is 0 Å². The first-order valence-corrected chi connectivity index (χ1v) is 7.36. The Morgan fingerprint density at radius 2 is 2.15 bits per heavy atom. The van der Waals surface area contributed by atoms with E-state index in [-0.39, 0.29) is 17.4 Å². The van der Waals surface area contributed by atoms with Crippen LogP contribution in [-0.2, 0) is 9.53 Å². The zero-order valence-electron chi connectivity index (χ0n) is 11.5. The summed E-state index contributed by atoms with van der Waals surface area (Å²) in [5, 5.41) is 0.193. The van der Waals surface area contributed by atoms with Crippen LogP contribution in [0.1, 0.15) is 39.0 Å². The largest absolute Gasteiger partial charge is 0.474 e. The lowest BCUT2D eigenvalue weighted by atomic mass is 9.85. The number of ether oxygens (including phenoxy) is 2. The van der Waals surface area contributed by atoms with Gasteiger partial charge in [0, 0.05) is 18.7 Å². The number of carbonyl (C=O) groups is 1. The summed E-state index contributed by atoms with van der Waals surface area (Å²) in [5.41, 5.74) is 0. The average Bonchev–Trinajstić information content (AvgIpc) is 2.41. The second-order valence-corrected chi connectivity index (χ2v) is 5.27. The summed E-state index contributed by atoms with van der Waals surface area (Å²) in [6.45, 7) is 2.28. The highest BCUT2D eigenvalue weighted by Gasteiger charge is 2.24. The molecule has 0 aliphatic heterocycles. The maximum Gasteiger partial charge on any atom is 0.306 e. The van der Waals surface area contributed by atoms with Crippen molar-refractivity contribution < 1.29 is 14.3 Å². The first-order valence-electron chi connectivity index (χ1n) is 6.98. The molecule has 0 aromatic carbocycles. The third-order valence-electron chi connectivity index (χ3n) is 3.44. The normalized spacial score (nSPS) is 22.3. The number of esters is 1. The molecule has 1 saturated carbocycles. The van der Waals surface area contributed by atoms with E-state index in [1.165, 1.54) is 0 Å². The molecule has 0 bridgehead atoms. The minimum atomic E-state index is -0.0977. The summed E-state index contributed by atoms with van der Waals surface area (Å²) in [6, 6.07) is 1.70. The Kier molecular flexibility index (Phi) is 5.59. The van der Waals surface area contributed by atoms with Gasteiger partial charge in [-0.1, -0.05) is 0 Å². The average molecular weight is 299 g/mol. The van der Waals surface area contributed by atoms with Crippen LogP contribution in [0.5, 0.6) is 5.88 Å². The molecule has 0 unspecified atom stereocenters. The highest BCUT2D eigenvalue weighted by atomic mass is 35.5. The Morgan fingerprint density at radius 3 is 2.80 bits per heavy atom. The third kappa shape index (κ3) is 4.63. The van der Waals surface area contributed by atoms with E-state index in [0.717, 1.165) is 25.7 Å². The van der Waals surface area contributed by atoms with Crippen molar-refractivity contribution in [2.45, 2.75) is 45.1 Å². The molecule has 5 nitrogen and oxygen atoms in total. The van der Waals surface area contributed by atoms with Crippen LogP contribution in [0.15, 0.2) is 12.3 Å². The Hall–Kier alpha value is -1.36. The number of nitrogens with zero attached hydrogens (tertiary/aromatic N) is 2. The van der Waals surface area contributed by atoms with Crippen LogP contribution in [0.25, 0.3) is 0 Å². The third-order valence-corrected chi connectivity index (χ3v) is 3.62. The van der Waals surface area contributed by atoms with Crippen molar-refractivity contribution >= 4 is 17.6 Å². The van der Waals surface area contributed by atoms with Crippen molar-refractivity contribution in [3.8, 4) is 5.88 Å². The molecule has 0 radical (unpaired) electrons. The van der Waals surface area contributed by atoms with Gasteiger partial charge < -0.3 is 9.47 Å². The maximum atomic E-state index is 11.4. The van der Waals surface area contributed by atoms with E-state index in [1.54, 1.807) is 12.3 Å². The molecule has 0 amide bonds. The maximum absolute atomic E-state index is 11.4. The van der Waals surface area contributed by atoms with Crippen molar-refractivity contribution in [3.63, 3.8) is 0 Å². The van der Waals surface area contributed by atoms with Gasteiger partial charge >= 0.3 is 5.97 Å². The number of hydrogen-bond donors (Lipinski definition) is 0. The van der Waals surface area contributed by atoms with Gasteiger partial charge in [0.15, 0.2) is 0 Å². The van der Waals surface area contributed by atoms with E-state index in [4.69, 9.17) is 21.1 Å². The molecule has 6 heteroatoms. The summed E-state index contributed by atoms with van der Waals surface area (Å²) in [7, 11) is 0. The number of hydrogen-bond acceptors (Lipinski definition) is 5. The minimum absolute atomic E-state index is 0.0977. The molecule has 1 aromatic heterocycles. The fourth-order valence-corrected chi connectivity index (χ4v) is 2.61. The second-order valence-electron chi connectivity index (χ2n) is 4.93. The highest BCUT2D eigenvalue weighted by Crippen LogP contribution is 2.29. The lowest BCUT2D eigenvalue weighted by Gasteiger charge is -2.28. The lowest BCUT2D eigenvalue weighted by Crippen LogP contribution is -2.26. The first-order chi connectivity index (χ1) is 9.67. The minimum Gasteiger partial charge on any atom is -0.474 e. The zero-order chi connectivity index (χ0) is 14.4. The summed E-state index contributed by atoms with van der Waals surface area (Å²) in [5.74, 6) is 0.821. The molecule has 1 fully saturated rings. The topological polar surface area (TPSA) is 61.3 Å². The molecule has 20 heavy (non-hydrogen) atoms. The van der Waals surface area contributed by atoms with Crippen LogP contribution in [-0.4, -0.2) is 28.6 Å². The molecule has 110 valence electrons. The summed E-state index contributed by atoms with van der Waals surface area (Å²) >= 11 is 5.72. The number of carbonyl (C=O) groups excluding carboxylic acids is 1. The van der Waals surface area contributed by atoms with Crippen molar-refractivity contribution in [3.05, 3.63) is 17.5 Å². The van der Waals surface area contributed by atoms with Crippen LogP contribution in [0.4, 0.5) is 0 Å². The van der Waals surface area contributed by atoms with Gasteiger partial charge in [0.25, 0.3) is 0 Å². The number of rotatable bonds is 5. The molecule has 0 saturated heterocycles. The van der Waals surface area contributed by atoms with Crippen molar-refractivity contribution in [2.75, 3.05) is 6.61 Å². The Labute approximate surface area is 123 Å². The Balaban J connectivity index is 1.75. The van der Waals surface area contributed by atoms with Crippen molar-refractivity contribution in [1.29, 1.82) is 0 Å².